The zero-order valence-electron chi connectivity index (χ0n) is 8.83. The van der Waals surface area contributed by atoms with E-state index in [1.165, 1.54) is 17.3 Å². The highest BCUT2D eigenvalue weighted by Crippen LogP contribution is 2.27. The number of hydrogen-bond donors (Lipinski definition) is 0. The first-order valence-corrected chi connectivity index (χ1v) is 5.32. The predicted octanol–water partition coefficient (Wildman–Crippen LogP) is 1.58. The largest absolute Gasteiger partial charge is 0.438 e. The van der Waals surface area contributed by atoms with Gasteiger partial charge in [-0.05, 0) is 15.9 Å². The summed E-state index contributed by atoms with van der Waals surface area (Å²) in [5.41, 5.74) is 0. The van der Waals surface area contributed by atoms with Crippen molar-refractivity contribution in [1.82, 2.24) is 14.9 Å². The molecule has 84 valence electrons. The Morgan fingerprint density at radius 1 is 1.44 bits per heavy atom. The number of nitrogens with zero attached hydrogens (tertiary/aromatic N) is 5. The van der Waals surface area contributed by atoms with Crippen LogP contribution in [-0.4, -0.2) is 35.2 Å². The molecule has 6 nitrogen and oxygen atoms in total. The normalized spacial score (nSPS) is 11.2. The molecule has 7 heteroatoms. The quantitative estimate of drug-likeness (QED) is 0.803. The number of anilines is 1. The Balaban J connectivity index is 2.19. The lowest BCUT2D eigenvalue weighted by molar-refractivity contribution is 0.556. The molecule has 0 aliphatic rings. The molecule has 0 atom stereocenters. The average Bonchev–Trinajstić information content (AvgIpc) is 2.83. The molecule has 0 amide bonds. The summed E-state index contributed by atoms with van der Waals surface area (Å²) in [5.74, 6) is 1.41. The fraction of sp³-hybridized carbons (Fsp3) is 0.222. The van der Waals surface area contributed by atoms with E-state index in [9.17, 15) is 0 Å². The zero-order valence-corrected chi connectivity index (χ0v) is 10.4. The minimum Gasteiger partial charge on any atom is -0.438 e. The van der Waals surface area contributed by atoms with Gasteiger partial charge in [-0.2, -0.15) is 5.10 Å². The first kappa shape index (κ1) is 10.9. The van der Waals surface area contributed by atoms with Crippen molar-refractivity contribution in [3.63, 3.8) is 0 Å². The van der Waals surface area contributed by atoms with Crippen LogP contribution in [0.15, 0.2) is 32.7 Å². The van der Waals surface area contributed by atoms with Gasteiger partial charge in [0.25, 0.3) is 0 Å². The summed E-state index contributed by atoms with van der Waals surface area (Å²) in [7, 11) is 3.81. The molecule has 0 bridgehead atoms. The number of rotatable bonds is 3. The molecule has 2 aromatic heterocycles. The molecule has 0 N–H and O–H groups in total. The molecule has 0 aromatic carbocycles. The number of halogens is 1. The van der Waals surface area contributed by atoms with Crippen LogP contribution in [-0.2, 0) is 0 Å². The highest BCUT2D eigenvalue weighted by atomic mass is 79.9. The summed E-state index contributed by atoms with van der Waals surface area (Å²) in [6.45, 7) is 0. The third kappa shape index (κ3) is 2.30. The molecule has 0 saturated carbocycles. The minimum absolute atomic E-state index is 0.657. The summed E-state index contributed by atoms with van der Waals surface area (Å²) in [5, 5.41) is 11.4. The molecule has 0 aliphatic heterocycles. The molecule has 0 spiro atoms. The molecule has 16 heavy (non-hydrogen) atoms. The highest BCUT2D eigenvalue weighted by molar-refractivity contribution is 9.10. The first-order valence-electron chi connectivity index (χ1n) is 4.52. The third-order valence-electron chi connectivity index (χ3n) is 1.82. The average molecular weight is 284 g/mol. The van der Waals surface area contributed by atoms with Gasteiger partial charge in [0.15, 0.2) is 5.76 Å². The van der Waals surface area contributed by atoms with Crippen LogP contribution in [0.4, 0.5) is 5.88 Å². The van der Waals surface area contributed by atoms with Gasteiger partial charge in [-0.1, -0.05) is 0 Å². The lowest BCUT2D eigenvalue weighted by atomic mass is 10.5. The second-order valence-electron chi connectivity index (χ2n) is 3.28. The van der Waals surface area contributed by atoms with Gasteiger partial charge in [0, 0.05) is 20.2 Å². The third-order valence-corrected chi connectivity index (χ3v) is 2.39. The number of furan rings is 1. The first-order chi connectivity index (χ1) is 7.66. The van der Waals surface area contributed by atoms with E-state index in [4.69, 9.17) is 4.42 Å². The van der Waals surface area contributed by atoms with Crippen LogP contribution in [0.1, 0.15) is 5.76 Å². The topological polar surface area (TPSA) is 59.5 Å². The zero-order chi connectivity index (χ0) is 11.5. The van der Waals surface area contributed by atoms with Crippen LogP contribution >= 0.6 is 15.9 Å². The maximum absolute atomic E-state index is 5.55. The Kier molecular flexibility index (Phi) is 3.04. The van der Waals surface area contributed by atoms with Crippen molar-refractivity contribution in [1.29, 1.82) is 0 Å². The van der Waals surface area contributed by atoms with Crippen molar-refractivity contribution >= 4 is 28.0 Å². The highest BCUT2D eigenvalue weighted by Gasteiger charge is 2.08. The van der Waals surface area contributed by atoms with Crippen molar-refractivity contribution in [2.24, 2.45) is 5.10 Å². The predicted molar refractivity (Wildman–Crippen MR) is 63.7 cm³/mol. The van der Waals surface area contributed by atoms with Crippen LogP contribution in [0.25, 0.3) is 0 Å². The van der Waals surface area contributed by atoms with E-state index < -0.39 is 0 Å². The summed E-state index contributed by atoms with van der Waals surface area (Å²) in [6.07, 6.45) is 4.60. The number of aromatic nitrogens is 3. The molecule has 2 aromatic rings. The van der Waals surface area contributed by atoms with E-state index in [2.05, 4.69) is 31.2 Å². The molecule has 0 unspecified atom stereocenters. The van der Waals surface area contributed by atoms with E-state index in [0.29, 0.717) is 5.76 Å². The monoisotopic (exact) mass is 283 g/mol. The Bertz CT molecular complexity index is 488. The molecular formula is C9H10BrN5O. The van der Waals surface area contributed by atoms with Gasteiger partial charge in [0.05, 0.1) is 10.7 Å². The van der Waals surface area contributed by atoms with Crippen LogP contribution in [0.3, 0.4) is 0 Å². The van der Waals surface area contributed by atoms with Gasteiger partial charge < -0.3 is 9.32 Å². The van der Waals surface area contributed by atoms with Crippen LogP contribution in [0.2, 0.25) is 0 Å². The second-order valence-corrected chi connectivity index (χ2v) is 4.14. The van der Waals surface area contributed by atoms with Gasteiger partial charge in [-0.3, -0.25) is 0 Å². The van der Waals surface area contributed by atoms with Crippen LogP contribution in [0, 0.1) is 0 Å². The summed E-state index contributed by atoms with van der Waals surface area (Å²) in [4.78, 5) is 1.88. The van der Waals surface area contributed by atoms with Crippen molar-refractivity contribution in [3.8, 4) is 0 Å². The standard InChI is InChI=1S/C9H10BrN5O/c1-14(2)9-8(10)3-7(16-9)4-13-15-5-11-12-6-15/h3-6H,1-2H3/b13-4-. The van der Waals surface area contributed by atoms with Gasteiger partial charge in [0.2, 0.25) is 5.88 Å². The molecule has 0 fully saturated rings. The Morgan fingerprint density at radius 2 is 2.12 bits per heavy atom. The SMILES string of the molecule is CN(C)c1oc(/C=N\n2cnnc2)cc1Br. The summed E-state index contributed by atoms with van der Waals surface area (Å²) in [6, 6.07) is 1.85. The molecule has 2 rings (SSSR count). The second kappa shape index (κ2) is 4.48. The van der Waals surface area contributed by atoms with E-state index in [1.54, 1.807) is 6.21 Å². The van der Waals surface area contributed by atoms with E-state index in [1.807, 2.05) is 25.1 Å². The van der Waals surface area contributed by atoms with Gasteiger partial charge in [-0.15, -0.1) is 10.2 Å². The lowest BCUT2D eigenvalue weighted by Crippen LogP contribution is -2.07. The van der Waals surface area contributed by atoms with Crippen LogP contribution in [0.5, 0.6) is 0 Å². The number of hydrogen-bond acceptors (Lipinski definition) is 5. The Labute approximate surface area is 101 Å². The molecular weight excluding hydrogens is 274 g/mol. The van der Waals surface area contributed by atoms with Crippen molar-refractivity contribution in [3.05, 3.63) is 29.0 Å². The Hall–Kier alpha value is -1.63. The lowest BCUT2D eigenvalue weighted by Gasteiger charge is -2.07. The molecule has 2 heterocycles. The molecule has 0 saturated heterocycles. The van der Waals surface area contributed by atoms with Gasteiger partial charge in [0.1, 0.15) is 12.7 Å². The van der Waals surface area contributed by atoms with E-state index in [-0.39, 0.29) is 0 Å². The smallest absolute Gasteiger partial charge is 0.210 e. The molecule has 0 aliphatic carbocycles. The summed E-state index contributed by atoms with van der Waals surface area (Å²) >= 11 is 3.41. The van der Waals surface area contributed by atoms with Crippen molar-refractivity contribution in [2.75, 3.05) is 19.0 Å². The van der Waals surface area contributed by atoms with Crippen molar-refractivity contribution in [2.45, 2.75) is 0 Å². The summed E-state index contributed by atoms with van der Waals surface area (Å²) < 4.78 is 7.93. The van der Waals surface area contributed by atoms with Gasteiger partial charge in [-0.25, -0.2) is 4.68 Å². The van der Waals surface area contributed by atoms with Gasteiger partial charge >= 0.3 is 0 Å². The van der Waals surface area contributed by atoms with E-state index >= 15 is 0 Å². The minimum atomic E-state index is 0.657. The maximum atomic E-state index is 5.55. The fourth-order valence-corrected chi connectivity index (χ4v) is 1.78. The maximum Gasteiger partial charge on any atom is 0.210 e. The van der Waals surface area contributed by atoms with Crippen LogP contribution < -0.4 is 4.90 Å². The fourth-order valence-electron chi connectivity index (χ4n) is 1.12. The van der Waals surface area contributed by atoms with Crippen molar-refractivity contribution < 1.29 is 4.42 Å². The Morgan fingerprint density at radius 3 is 2.69 bits per heavy atom. The van der Waals surface area contributed by atoms with E-state index in [0.717, 1.165) is 10.4 Å². The molecule has 0 radical (unpaired) electrons.